The number of aromatic carboxylic acids is 1. The molecule has 0 radical (unpaired) electrons. The van der Waals surface area contributed by atoms with Gasteiger partial charge in [-0.1, -0.05) is 6.07 Å². The average molecular weight is 436 g/mol. The Hall–Kier alpha value is -1.73. The molecule has 1 heterocycles. The Balaban J connectivity index is 0.00000420. The van der Waals surface area contributed by atoms with Crippen molar-refractivity contribution in [2.45, 2.75) is 18.1 Å². The zero-order chi connectivity index (χ0) is 20.9. The fourth-order valence-corrected chi connectivity index (χ4v) is 2.85. The minimum atomic E-state index is -4.94. The summed E-state index contributed by atoms with van der Waals surface area (Å²) >= 11 is 0. The standard InChI is InChI=1S/C17H19NO9S.Na/c1-26-15-7-11(17(22)28(23,24)25)4-5-14(15)27-10-13(19)9-18-6-2-3-12(8-18)16(20)21;/h2-8,13,17,19,22H,9-10H2,1H3,(H-,20,21,23,24,25);/q;+1. The van der Waals surface area contributed by atoms with Gasteiger partial charge >= 0.3 is 35.5 Å². The number of methoxy groups -OCH3 is 1. The van der Waals surface area contributed by atoms with Gasteiger partial charge < -0.3 is 29.3 Å². The summed E-state index contributed by atoms with van der Waals surface area (Å²) in [5.74, 6) is -0.870. The first-order valence-electron chi connectivity index (χ1n) is 7.95. The summed E-state index contributed by atoms with van der Waals surface area (Å²) < 4.78 is 44.8. The molecule has 2 rings (SSSR count). The van der Waals surface area contributed by atoms with E-state index in [0.29, 0.717) is 0 Å². The van der Waals surface area contributed by atoms with Crippen LogP contribution in [0.5, 0.6) is 11.5 Å². The van der Waals surface area contributed by atoms with E-state index >= 15 is 0 Å². The number of nitrogens with zero attached hydrogens (tertiary/aromatic N) is 1. The van der Waals surface area contributed by atoms with Crippen molar-refractivity contribution in [2.24, 2.45) is 0 Å². The van der Waals surface area contributed by atoms with Gasteiger partial charge in [-0.3, -0.25) is 0 Å². The first-order valence-corrected chi connectivity index (χ1v) is 9.43. The number of carbonyl (C=O) groups is 1. The molecule has 0 saturated carbocycles. The molecule has 0 aliphatic carbocycles. The van der Waals surface area contributed by atoms with Gasteiger partial charge in [-0.2, -0.15) is 0 Å². The van der Waals surface area contributed by atoms with E-state index in [4.69, 9.17) is 14.6 Å². The van der Waals surface area contributed by atoms with Crippen LogP contribution in [0.3, 0.4) is 0 Å². The van der Waals surface area contributed by atoms with Gasteiger partial charge in [-0.05, 0) is 23.8 Å². The molecule has 3 N–H and O–H groups in total. The number of carboxylic acid groups (broad SMARTS) is 1. The molecule has 2 unspecified atom stereocenters. The number of pyridine rings is 1. The fourth-order valence-electron chi connectivity index (χ4n) is 2.37. The van der Waals surface area contributed by atoms with Crippen molar-refractivity contribution in [3.8, 4) is 11.5 Å². The number of hydrogen-bond acceptors (Lipinski definition) is 8. The number of aliphatic hydroxyl groups is 2. The second-order valence-electron chi connectivity index (χ2n) is 5.81. The topological polar surface area (TPSA) is 157 Å². The summed E-state index contributed by atoms with van der Waals surface area (Å²) in [4.78, 5) is 11.0. The van der Waals surface area contributed by atoms with E-state index in [1.165, 1.54) is 42.1 Å². The molecular weight excluding hydrogens is 417 g/mol. The Kier molecular flexibility index (Phi) is 9.49. The molecule has 12 heteroatoms. The van der Waals surface area contributed by atoms with E-state index in [9.17, 15) is 28.0 Å². The normalized spacial score (nSPS) is 13.1. The monoisotopic (exact) mass is 436 g/mol. The Morgan fingerprint density at radius 3 is 2.52 bits per heavy atom. The molecule has 0 bridgehead atoms. The van der Waals surface area contributed by atoms with E-state index in [2.05, 4.69) is 0 Å². The van der Waals surface area contributed by atoms with Crippen LogP contribution in [0.4, 0.5) is 0 Å². The van der Waals surface area contributed by atoms with Gasteiger partial charge in [0.2, 0.25) is 0 Å². The van der Waals surface area contributed by atoms with Crippen molar-refractivity contribution in [2.75, 3.05) is 13.7 Å². The Labute approximate surface area is 189 Å². The Morgan fingerprint density at radius 1 is 1.24 bits per heavy atom. The minimum absolute atomic E-state index is 0. The zero-order valence-corrected chi connectivity index (χ0v) is 18.6. The second-order valence-corrected chi connectivity index (χ2v) is 7.25. The first-order chi connectivity index (χ1) is 13.1. The van der Waals surface area contributed by atoms with Crippen LogP contribution >= 0.6 is 0 Å². The largest absolute Gasteiger partial charge is 1.00 e. The van der Waals surface area contributed by atoms with E-state index in [-0.39, 0.29) is 65.3 Å². The number of ether oxygens (including phenoxy) is 2. The minimum Gasteiger partial charge on any atom is -0.746 e. The molecule has 0 saturated heterocycles. The average Bonchev–Trinajstić information content (AvgIpc) is 2.65. The maximum atomic E-state index is 11.0. The molecular formula is C17H19NNaO9S+. The number of hydrogen-bond donors (Lipinski definition) is 3. The summed E-state index contributed by atoms with van der Waals surface area (Å²) in [5.41, 5.74) is -2.35. The first kappa shape index (κ1) is 25.3. The number of rotatable bonds is 9. The molecule has 0 amide bonds. The molecule has 2 aromatic rings. The predicted molar refractivity (Wildman–Crippen MR) is 92.7 cm³/mol. The van der Waals surface area contributed by atoms with Crippen LogP contribution in [0.15, 0.2) is 42.7 Å². The van der Waals surface area contributed by atoms with Gasteiger partial charge in [0, 0.05) is 6.07 Å². The number of aromatic nitrogens is 1. The van der Waals surface area contributed by atoms with Crippen LogP contribution in [-0.2, 0) is 16.7 Å². The maximum Gasteiger partial charge on any atom is 1.00 e. The third-order valence-corrected chi connectivity index (χ3v) is 4.52. The van der Waals surface area contributed by atoms with Crippen molar-refractivity contribution < 1.29 is 76.7 Å². The molecule has 2 atom stereocenters. The van der Waals surface area contributed by atoms with E-state index in [1.54, 1.807) is 6.20 Å². The molecule has 1 aromatic carbocycles. The molecule has 0 aliphatic rings. The quantitative estimate of drug-likeness (QED) is 0.208. The molecule has 29 heavy (non-hydrogen) atoms. The smallest absolute Gasteiger partial charge is 0.746 e. The third kappa shape index (κ3) is 7.23. The van der Waals surface area contributed by atoms with Crippen molar-refractivity contribution in [1.29, 1.82) is 0 Å². The van der Waals surface area contributed by atoms with E-state index in [1.807, 2.05) is 0 Å². The Morgan fingerprint density at radius 2 is 1.93 bits per heavy atom. The van der Waals surface area contributed by atoms with Crippen LogP contribution in [0.1, 0.15) is 21.4 Å². The second kappa shape index (κ2) is 10.9. The number of benzene rings is 1. The van der Waals surface area contributed by atoms with Crippen LogP contribution in [-0.4, -0.2) is 54.1 Å². The molecule has 0 fully saturated rings. The van der Waals surface area contributed by atoms with Crippen LogP contribution in [0.2, 0.25) is 0 Å². The van der Waals surface area contributed by atoms with Gasteiger partial charge in [0.25, 0.3) is 0 Å². The van der Waals surface area contributed by atoms with Crippen molar-refractivity contribution in [1.82, 2.24) is 0 Å². The van der Waals surface area contributed by atoms with Crippen molar-refractivity contribution >= 4 is 16.1 Å². The van der Waals surface area contributed by atoms with E-state index < -0.39 is 27.6 Å². The fraction of sp³-hybridized carbons (Fsp3) is 0.294. The van der Waals surface area contributed by atoms with Crippen LogP contribution in [0, 0.1) is 0 Å². The summed E-state index contributed by atoms with van der Waals surface area (Å²) in [7, 11) is -3.65. The van der Waals surface area contributed by atoms with Crippen LogP contribution < -0.4 is 43.6 Å². The van der Waals surface area contributed by atoms with Crippen molar-refractivity contribution in [3.05, 3.63) is 53.9 Å². The van der Waals surface area contributed by atoms with Gasteiger partial charge in [-0.15, -0.1) is 0 Å². The summed E-state index contributed by atoms with van der Waals surface area (Å²) in [5, 5.41) is 28.6. The molecule has 0 spiro atoms. The maximum absolute atomic E-state index is 11.0. The molecule has 10 nitrogen and oxygen atoms in total. The molecule has 1 aromatic heterocycles. The molecule has 152 valence electrons. The van der Waals surface area contributed by atoms with Crippen LogP contribution in [0.25, 0.3) is 0 Å². The summed E-state index contributed by atoms with van der Waals surface area (Å²) in [6.45, 7) is -0.114. The summed E-state index contributed by atoms with van der Waals surface area (Å²) in [6.07, 6.45) is 1.97. The molecule has 0 aliphatic heterocycles. The third-order valence-electron chi connectivity index (χ3n) is 3.70. The van der Waals surface area contributed by atoms with Gasteiger partial charge in [0.05, 0.1) is 7.11 Å². The number of carboxylic acids is 1. The van der Waals surface area contributed by atoms with E-state index in [0.717, 1.165) is 6.07 Å². The van der Waals surface area contributed by atoms with Gasteiger partial charge in [0.1, 0.15) is 28.4 Å². The van der Waals surface area contributed by atoms with Gasteiger partial charge in [0.15, 0.2) is 35.9 Å². The zero-order valence-electron chi connectivity index (χ0n) is 15.8. The Bertz CT molecular complexity index is 952. The summed E-state index contributed by atoms with van der Waals surface area (Å²) in [6, 6.07) is 6.59. The van der Waals surface area contributed by atoms with Gasteiger partial charge in [-0.25, -0.2) is 17.8 Å². The SMILES string of the molecule is COc1cc(C(O)S(=O)(=O)[O-])ccc1OCC(O)C[n+]1cccc(C(=O)O)c1.[Na+]. The predicted octanol–water partition coefficient (Wildman–Crippen LogP) is -3.34. The number of aliphatic hydroxyl groups excluding tert-OH is 2. The van der Waals surface area contributed by atoms with Crippen molar-refractivity contribution in [3.63, 3.8) is 0 Å².